The van der Waals surface area contributed by atoms with Crippen LogP contribution in [-0.4, -0.2) is 92.2 Å². The zero-order valence-corrected chi connectivity index (χ0v) is 19.9. The summed E-state index contributed by atoms with van der Waals surface area (Å²) >= 11 is 0. The number of aliphatic hydroxyl groups is 1. The van der Waals surface area contributed by atoms with Crippen molar-refractivity contribution in [2.24, 2.45) is 14.1 Å². The lowest BCUT2D eigenvalue weighted by Gasteiger charge is -2.40. The highest BCUT2D eigenvalue weighted by molar-refractivity contribution is 5.78. The predicted octanol–water partition coefficient (Wildman–Crippen LogP) is 0.326. The Morgan fingerprint density at radius 1 is 0.939 bits per heavy atom. The summed E-state index contributed by atoms with van der Waals surface area (Å²) in [6, 6.07) is 5.94. The van der Waals surface area contributed by atoms with Crippen molar-refractivity contribution in [3.8, 4) is 0 Å². The van der Waals surface area contributed by atoms with Gasteiger partial charge >= 0.3 is 5.69 Å². The van der Waals surface area contributed by atoms with Gasteiger partial charge in [0.1, 0.15) is 0 Å². The Bertz CT molecular complexity index is 1080. The van der Waals surface area contributed by atoms with E-state index in [9.17, 15) is 19.5 Å². The molecule has 2 aliphatic heterocycles. The Kier molecular flexibility index (Phi) is 6.90. The lowest BCUT2D eigenvalue weighted by atomic mass is 10.0. The van der Waals surface area contributed by atoms with Gasteiger partial charge in [-0.2, -0.15) is 0 Å². The number of imidazole rings is 1. The van der Waals surface area contributed by atoms with Crippen LogP contribution in [0.15, 0.2) is 23.0 Å². The number of hydrogen-bond acceptors (Lipinski definition) is 5. The fourth-order valence-corrected chi connectivity index (χ4v) is 5.23. The van der Waals surface area contributed by atoms with Crippen LogP contribution in [0.5, 0.6) is 0 Å². The first-order chi connectivity index (χ1) is 15.8. The predicted molar refractivity (Wildman–Crippen MR) is 126 cm³/mol. The molecule has 1 aromatic carbocycles. The number of aliphatic hydroxyl groups excluding tert-OH is 1. The molecular weight excluding hydrogens is 422 g/mol. The first kappa shape index (κ1) is 23.5. The molecule has 2 saturated heterocycles. The van der Waals surface area contributed by atoms with Crippen molar-refractivity contribution in [3.63, 3.8) is 0 Å². The SMILES string of the molecule is CC(=O)N1CCN([C@H]2CCN(C(=O)CCc3ccc4c(c3)n(C)c(=O)n4C)CC[C@@H]2O)CC1. The first-order valence-electron chi connectivity index (χ1n) is 11.9. The van der Waals surface area contributed by atoms with Crippen molar-refractivity contribution in [2.75, 3.05) is 39.3 Å². The lowest BCUT2D eigenvalue weighted by molar-refractivity contribution is -0.132. The summed E-state index contributed by atoms with van der Waals surface area (Å²) in [5.41, 5.74) is 2.74. The molecule has 180 valence electrons. The molecule has 1 N–H and O–H groups in total. The molecule has 2 atom stereocenters. The molecule has 9 nitrogen and oxygen atoms in total. The van der Waals surface area contributed by atoms with Crippen molar-refractivity contribution in [1.29, 1.82) is 0 Å². The first-order valence-corrected chi connectivity index (χ1v) is 11.9. The van der Waals surface area contributed by atoms with E-state index in [1.165, 1.54) is 0 Å². The third-order valence-corrected chi connectivity index (χ3v) is 7.38. The summed E-state index contributed by atoms with van der Waals surface area (Å²) in [6.07, 6.45) is 1.87. The molecule has 33 heavy (non-hydrogen) atoms. The van der Waals surface area contributed by atoms with Gasteiger partial charge in [-0.05, 0) is 37.0 Å². The van der Waals surface area contributed by atoms with Crippen LogP contribution in [0.1, 0.15) is 31.7 Å². The fourth-order valence-electron chi connectivity index (χ4n) is 5.23. The number of hydrogen-bond donors (Lipinski definition) is 1. The number of likely N-dealkylation sites (tertiary alicyclic amines) is 1. The molecule has 2 aliphatic rings. The van der Waals surface area contributed by atoms with E-state index in [1.807, 2.05) is 28.0 Å². The third kappa shape index (κ3) is 4.84. The molecule has 9 heteroatoms. The van der Waals surface area contributed by atoms with Crippen LogP contribution in [-0.2, 0) is 30.1 Å². The second kappa shape index (κ2) is 9.69. The smallest absolute Gasteiger partial charge is 0.328 e. The van der Waals surface area contributed by atoms with Crippen LogP contribution >= 0.6 is 0 Å². The highest BCUT2D eigenvalue weighted by Gasteiger charge is 2.33. The molecule has 4 rings (SSSR count). The maximum Gasteiger partial charge on any atom is 0.328 e. The minimum Gasteiger partial charge on any atom is -0.391 e. The lowest BCUT2D eigenvalue weighted by Crippen LogP contribution is -2.54. The summed E-state index contributed by atoms with van der Waals surface area (Å²) in [4.78, 5) is 42.7. The van der Waals surface area contributed by atoms with Gasteiger partial charge in [0.25, 0.3) is 0 Å². The van der Waals surface area contributed by atoms with Gasteiger partial charge in [0.15, 0.2) is 0 Å². The maximum atomic E-state index is 12.9. The molecule has 2 aromatic rings. The van der Waals surface area contributed by atoms with E-state index < -0.39 is 6.10 Å². The van der Waals surface area contributed by atoms with Gasteiger partial charge in [-0.3, -0.25) is 23.6 Å². The van der Waals surface area contributed by atoms with Crippen LogP contribution in [0.25, 0.3) is 11.0 Å². The number of aryl methyl sites for hydroxylation is 3. The number of nitrogens with zero attached hydrogens (tertiary/aromatic N) is 5. The van der Waals surface area contributed by atoms with E-state index in [0.717, 1.165) is 36.1 Å². The van der Waals surface area contributed by atoms with Gasteiger partial charge in [-0.15, -0.1) is 0 Å². The molecule has 0 aliphatic carbocycles. The molecule has 0 unspecified atom stereocenters. The van der Waals surface area contributed by atoms with Gasteiger partial charge < -0.3 is 14.9 Å². The number of benzene rings is 1. The van der Waals surface area contributed by atoms with Crippen molar-refractivity contribution in [3.05, 3.63) is 34.2 Å². The second-order valence-electron chi connectivity index (χ2n) is 9.36. The van der Waals surface area contributed by atoms with Crippen LogP contribution in [0.3, 0.4) is 0 Å². The highest BCUT2D eigenvalue weighted by atomic mass is 16.3. The monoisotopic (exact) mass is 457 g/mol. The number of rotatable bonds is 4. The van der Waals surface area contributed by atoms with Crippen molar-refractivity contribution in [1.82, 2.24) is 23.8 Å². The fraction of sp³-hybridized carbons (Fsp3) is 0.625. The summed E-state index contributed by atoms with van der Waals surface area (Å²) < 4.78 is 3.26. The Balaban J connectivity index is 1.33. The summed E-state index contributed by atoms with van der Waals surface area (Å²) in [7, 11) is 3.52. The van der Waals surface area contributed by atoms with E-state index in [1.54, 1.807) is 30.2 Å². The molecule has 3 heterocycles. The molecular formula is C24H35N5O4. The molecule has 2 amide bonds. The topological polar surface area (TPSA) is 91.0 Å². The van der Waals surface area contributed by atoms with E-state index in [2.05, 4.69) is 4.90 Å². The van der Waals surface area contributed by atoms with Gasteiger partial charge in [-0.1, -0.05) is 6.07 Å². The average molecular weight is 458 g/mol. The van der Waals surface area contributed by atoms with Gasteiger partial charge in [0.2, 0.25) is 11.8 Å². The summed E-state index contributed by atoms with van der Waals surface area (Å²) in [5, 5.41) is 10.7. The molecule has 0 spiro atoms. The maximum absolute atomic E-state index is 12.9. The van der Waals surface area contributed by atoms with Crippen LogP contribution in [0.4, 0.5) is 0 Å². The van der Waals surface area contributed by atoms with E-state index in [0.29, 0.717) is 45.4 Å². The van der Waals surface area contributed by atoms with Gasteiger partial charge in [0, 0.05) is 72.8 Å². The normalized spacial score (nSPS) is 22.5. The molecule has 1 aromatic heterocycles. The van der Waals surface area contributed by atoms with Gasteiger partial charge in [0.05, 0.1) is 17.1 Å². The van der Waals surface area contributed by atoms with E-state index >= 15 is 0 Å². The summed E-state index contributed by atoms with van der Waals surface area (Å²) in [5.74, 6) is 0.202. The molecule has 2 fully saturated rings. The van der Waals surface area contributed by atoms with E-state index in [4.69, 9.17) is 0 Å². The van der Waals surface area contributed by atoms with Crippen molar-refractivity contribution in [2.45, 2.75) is 44.8 Å². The largest absolute Gasteiger partial charge is 0.391 e. The Hall–Kier alpha value is -2.65. The molecule has 0 saturated carbocycles. The third-order valence-electron chi connectivity index (χ3n) is 7.38. The van der Waals surface area contributed by atoms with E-state index in [-0.39, 0.29) is 23.5 Å². The van der Waals surface area contributed by atoms with Crippen LogP contribution in [0.2, 0.25) is 0 Å². The van der Waals surface area contributed by atoms with Gasteiger partial charge in [-0.25, -0.2) is 4.79 Å². The minimum absolute atomic E-state index is 0.0266. The quantitative estimate of drug-likeness (QED) is 0.714. The summed E-state index contributed by atoms with van der Waals surface area (Å²) in [6.45, 7) is 5.71. The Morgan fingerprint density at radius 2 is 1.61 bits per heavy atom. The number of carbonyl (C=O) groups excluding carboxylic acids is 2. The number of aromatic nitrogens is 2. The Morgan fingerprint density at radius 3 is 2.30 bits per heavy atom. The number of carbonyl (C=O) groups is 2. The zero-order valence-electron chi connectivity index (χ0n) is 19.9. The van der Waals surface area contributed by atoms with Crippen molar-refractivity contribution >= 4 is 22.8 Å². The van der Waals surface area contributed by atoms with Crippen molar-refractivity contribution < 1.29 is 14.7 Å². The minimum atomic E-state index is -0.464. The standard InChI is InChI=1S/C24H35N5O4/c1-17(30)27-12-14-28(15-13-27)20-8-10-29(11-9-22(20)31)23(32)7-5-18-4-6-19-21(16-18)26(3)24(33)25(19)2/h4,6,16,20,22,31H,5,7-15H2,1-3H3/t20-,22-/m0/s1. The number of fused-ring (bicyclic) bond motifs is 1. The number of piperazine rings is 1. The molecule has 0 radical (unpaired) electrons. The highest BCUT2D eigenvalue weighted by Crippen LogP contribution is 2.21. The average Bonchev–Trinajstić information content (AvgIpc) is 2.95. The second-order valence-corrected chi connectivity index (χ2v) is 9.36. The number of amides is 2. The van der Waals surface area contributed by atoms with Crippen LogP contribution in [0, 0.1) is 0 Å². The molecule has 0 bridgehead atoms. The zero-order chi connectivity index (χ0) is 23.7. The van der Waals surface area contributed by atoms with Crippen LogP contribution < -0.4 is 5.69 Å². The Labute approximate surface area is 194 Å².